The first-order valence-electron chi connectivity index (χ1n) is 2.12. The molecule has 49 valence electrons. The Morgan fingerprint density at radius 3 is 2.78 bits per heavy atom. The zero-order valence-corrected chi connectivity index (χ0v) is 6.29. The highest BCUT2D eigenvalue weighted by Gasteiger charge is 2.08. The Balaban J connectivity index is 3.16. The summed E-state index contributed by atoms with van der Waals surface area (Å²) in [5.74, 6) is 2.43. The van der Waals surface area contributed by atoms with Gasteiger partial charge in [-0.05, 0) is 5.87 Å². The van der Waals surface area contributed by atoms with Gasteiger partial charge in [0.15, 0.2) is 4.32 Å². The van der Waals surface area contributed by atoms with E-state index in [2.05, 4.69) is 10.9 Å². The molecular weight excluding hydrogens is 158 g/mol. The molecule has 9 heavy (non-hydrogen) atoms. The van der Waals surface area contributed by atoms with Gasteiger partial charge in [-0.15, -0.1) is 4.55 Å². The molecular formula is C4H4NO2S2. The van der Waals surface area contributed by atoms with Crippen LogP contribution in [0.1, 0.15) is 0 Å². The lowest BCUT2D eigenvalue weighted by atomic mass is 11.1. The van der Waals surface area contributed by atoms with Gasteiger partial charge in [0.05, 0.1) is 0 Å². The molecule has 5 heteroatoms. The minimum Gasteiger partial charge on any atom is -0.235 e. The Morgan fingerprint density at radius 1 is 1.89 bits per heavy atom. The number of thioether (sulfide) groups is 1. The van der Waals surface area contributed by atoms with Gasteiger partial charge in [0, 0.05) is 11.7 Å². The smallest absolute Gasteiger partial charge is 0.190 e. The zero-order valence-electron chi connectivity index (χ0n) is 4.66. The van der Waals surface area contributed by atoms with Gasteiger partial charge in [-0.2, -0.15) is 4.99 Å². The molecule has 0 N–H and O–H groups in total. The maximum absolute atomic E-state index is 10.6. The molecule has 1 atom stereocenters. The van der Waals surface area contributed by atoms with Crippen molar-refractivity contribution in [3.05, 3.63) is 5.41 Å². The third-order valence-corrected chi connectivity index (χ3v) is 3.12. The second-order valence-corrected chi connectivity index (χ2v) is 4.56. The average molecular weight is 162 g/mol. The normalized spacial score (nSPS) is 22.7. The first kappa shape index (κ1) is 6.89. The van der Waals surface area contributed by atoms with Crippen molar-refractivity contribution < 1.29 is 8.76 Å². The quantitative estimate of drug-likeness (QED) is 0.480. The molecule has 1 heterocycles. The summed E-state index contributed by atoms with van der Waals surface area (Å²) >= 11 is 1.08. The molecule has 1 radical (unpaired) electrons. The lowest BCUT2D eigenvalue weighted by Crippen LogP contribution is -2.01. The summed E-state index contributed by atoms with van der Waals surface area (Å²) in [6.07, 6.45) is 1.12. The molecule has 1 unspecified atom stereocenters. The van der Waals surface area contributed by atoms with E-state index < -0.39 is 9.80 Å². The van der Waals surface area contributed by atoms with E-state index in [1.165, 1.54) is 5.41 Å². The van der Waals surface area contributed by atoms with Crippen LogP contribution in [0.15, 0.2) is 10.4 Å². The zero-order chi connectivity index (χ0) is 6.91. The number of rotatable bonds is 0. The number of aliphatic imine (C=N–C) groups is 1. The van der Waals surface area contributed by atoms with Crippen molar-refractivity contribution in [3.63, 3.8) is 0 Å². The molecule has 0 aliphatic carbocycles. The Kier molecular flexibility index (Phi) is 1.68. The molecule has 1 aliphatic rings. The van der Waals surface area contributed by atoms with E-state index in [1.807, 2.05) is 0 Å². The fraction of sp³-hybridized carbons (Fsp3) is 0.250. The van der Waals surface area contributed by atoms with Crippen molar-refractivity contribution in [1.29, 1.82) is 0 Å². The Morgan fingerprint density at radius 2 is 2.56 bits per heavy atom. The van der Waals surface area contributed by atoms with E-state index in [4.69, 9.17) is 0 Å². The summed E-state index contributed by atoms with van der Waals surface area (Å²) in [5.41, 5.74) is 0. The van der Waals surface area contributed by atoms with Gasteiger partial charge in [0.1, 0.15) is 9.80 Å². The highest BCUT2D eigenvalue weighted by Crippen LogP contribution is 2.11. The maximum atomic E-state index is 10.6. The highest BCUT2D eigenvalue weighted by atomic mass is 32.2. The number of nitrogens with zero attached hydrogens (tertiary/aromatic N) is 1. The van der Waals surface area contributed by atoms with Crippen LogP contribution < -0.4 is 0 Å². The van der Waals surface area contributed by atoms with Gasteiger partial charge in [-0.1, -0.05) is 11.8 Å². The molecule has 0 saturated carbocycles. The Hall–Kier alpha value is -0.220. The molecule has 0 aromatic heterocycles. The minimum atomic E-state index is -3.08. The van der Waals surface area contributed by atoms with Crippen molar-refractivity contribution in [3.8, 4) is 0 Å². The van der Waals surface area contributed by atoms with Gasteiger partial charge in [0.2, 0.25) is 0 Å². The Labute approximate surface area is 57.7 Å². The first-order chi connectivity index (χ1) is 4.11. The summed E-state index contributed by atoms with van der Waals surface area (Å²) in [7, 11) is -3.08. The van der Waals surface area contributed by atoms with E-state index in [1.54, 1.807) is 0 Å². The van der Waals surface area contributed by atoms with E-state index in [0.29, 0.717) is 0 Å². The predicted molar refractivity (Wildman–Crippen MR) is 39.4 cm³/mol. The highest BCUT2D eigenvalue weighted by molar-refractivity contribution is 8.28. The largest absolute Gasteiger partial charge is 0.235 e. The van der Waals surface area contributed by atoms with Crippen LogP contribution in [0, 0.1) is 0 Å². The van der Waals surface area contributed by atoms with Gasteiger partial charge in [0.25, 0.3) is 0 Å². The van der Waals surface area contributed by atoms with Crippen LogP contribution in [0.2, 0.25) is 0 Å². The summed E-state index contributed by atoms with van der Waals surface area (Å²) in [6.45, 7) is 0. The SMILES string of the molecule is CS([O])(=O)=C1N=C=CS1. The summed E-state index contributed by atoms with van der Waals surface area (Å²) in [6, 6.07) is 0. The lowest BCUT2D eigenvalue weighted by molar-refractivity contribution is 0.474. The van der Waals surface area contributed by atoms with Crippen LogP contribution >= 0.6 is 11.8 Å². The molecule has 0 saturated heterocycles. The molecule has 3 nitrogen and oxygen atoms in total. The molecule has 0 fully saturated rings. The van der Waals surface area contributed by atoms with Crippen molar-refractivity contribution in [2.45, 2.75) is 0 Å². The van der Waals surface area contributed by atoms with Crippen molar-refractivity contribution in [2.24, 2.45) is 4.99 Å². The molecule has 1 rings (SSSR count). The second-order valence-electron chi connectivity index (χ2n) is 1.51. The number of hydrogen-bond acceptors (Lipinski definition) is 2. The molecule has 0 amide bonds. The first-order valence-corrected chi connectivity index (χ1v) is 4.89. The van der Waals surface area contributed by atoms with Crippen LogP contribution in [0.5, 0.6) is 0 Å². The van der Waals surface area contributed by atoms with Crippen molar-refractivity contribution in [2.75, 3.05) is 6.26 Å². The standard InChI is InChI=1S/C4H4NO2S2/c1-9(6,7)4-5-2-3-8-4/h3H,1H3. The van der Waals surface area contributed by atoms with Crippen molar-refractivity contribution in [1.82, 2.24) is 0 Å². The summed E-state index contributed by atoms with van der Waals surface area (Å²) in [5, 5.41) is 1.51. The maximum Gasteiger partial charge on any atom is 0.190 e. The molecule has 0 bridgehead atoms. The monoisotopic (exact) mass is 162 g/mol. The summed E-state index contributed by atoms with van der Waals surface area (Å²) in [4.78, 5) is 3.49. The van der Waals surface area contributed by atoms with Gasteiger partial charge in [-0.3, -0.25) is 0 Å². The minimum absolute atomic E-state index is 0.127. The van der Waals surface area contributed by atoms with Crippen LogP contribution in [-0.2, 0) is 14.4 Å². The molecule has 0 aromatic rings. The second kappa shape index (κ2) is 2.19. The van der Waals surface area contributed by atoms with Gasteiger partial charge >= 0.3 is 0 Å². The van der Waals surface area contributed by atoms with Gasteiger partial charge < -0.3 is 0 Å². The predicted octanol–water partition coefficient (Wildman–Crippen LogP) is 0.264. The van der Waals surface area contributed by atoms with E-state index in [9.17, 15) is 8.76 Å². The van der Waals surface area contributed by atoms with E-state index in [0.717, 1.165) is 18.0 Å². The van der Waals surface area contributed by atoms with Crippen molar-refractivity contribution >= 4 is 31.8 Å². The van der Waals surface area contributed by atoms with E-state index >= 15 is 0 Å². The topological polar surface area (TPSA) is 49.3 Å². The van der Waals surface area contributed by atoms with Crippen LogP contribution in [0.4, 0.5) is 0 Å². The van der Waals surface area contributed by atoms with Crippen LogP contribution in [0.25, 0.3) is 0 Å². The Bertz CT molecular complexity index is 284. The third-order valence-electron chi connectivity index (χ3n) is 0.685. The fourth-order valence-electron chi connectivity index (χ4n) is 0.352. The fourth-order valence-corrected chi connectivity index (χ4v) is 1.73. The van der Waals surface area contributed by atoms with Gasteiger partial charge in [-0.25, -0.2) is 4.21 Å². The molecule has 0 spiro atoms. The summed E-state index contributed by atoms with van der Waals surface area (Å²) < 4.78 is 21.4. The average Bonchev–Trinajstić information content (AvgIpc) is 2.08. The molecule has 0 aromatic carbocycles. The molecule has 1 aliphatic heterocycles. The number of hydrogen-bond donors (Lipinski definition) is 0. The van der Waals surface area contributed by atoms with Crippen LogP contribution in [-0.4, -0.2) is 20.7 Å². The lowest BCUT2D eigenvalue weighted by Gasteiger charge is -1.90. The third kappa shape index (κ3) is 1.59. The van der Waals surface area contributed by atoms with E-state index in [-0.39, 0.29) is 4.32 Å². The van der Waals surface area contributed by atoms with Crippen LogP contribution in [0.3, 0.4) is 0 Å².